The van der Waals surface area contributed by atoms with E-state index < -0.39 is 37.3 Å². The van der Waals surface area contributed by atoms with Crippen LogP contribution in [0.15, 0.2) is 0 Å². The van der Waals surface area contributed by atoms with Crippen molar-refractivity contribution >= 4 is 6.29 Å². The van der Waals surface area contributed by atoms with Crippen molar-refractivity contribution < 1.29 is 45.4 Å². The van der Waals surface area contributed by atoms with Gasteiger partial charge in [-0.25, -0.2) is 0 Å². The standard InChI is InChI=1S/C7H7F7O3/c8-5(9,3-17-2-4(16)1-15)6(10,11)7(12,13)14/h1,4,16H,2-3H2. The Morgan fingerprint density at radius 3 is 1.94 bits per heavy atom. The maximum Gasteiger partial charge on any atom is 0.459 e. The summed E-state index contributed by atoms with van der Waals surface area (Å²) in [6.07, 6.45) is -8.45. The third kappa shape index (κ3) is 3.80. The maximum absolute atomic E-state index is 12.5. The number of hydrogen-bond acceptors (Lipinski definition) is 3. The van der Waals surface area contributed by atoms with Crippen LogP contribution in [0, 0.1) is 0 Å². The minimum atomic E-state index is -6.43. The molecule has 1 atom stereocenters. The zero-order valence-corrected chi connectivity index (χ0v) is 7.98. The molecule has 0 aliphatic heterocycles. The molecule has 0 aliphatic carbocycles. The Bertz CT molecular complexity index is 263. The van der Waals surface area contributed by atoms with Gasteiger partial charge in [0.15, 0.2) is 6.29 Å². The van der Waals surface area contributed by atoms with Gasteiger partial charge in [0.05, 0.1) is 6.61 Å². The van der Waals surface area contributed by atoms with Crippen LogP contribution in [-0.4, -0.2) is 48.7 Å². The Kier molecular flexibility index (Phi) is 4.90. The molecule has 17 heavy (non-hydrogen) atoms. The van der Waals surface area contributed by atoms with Crippen molar-refractivity contribution in [2.45, 2.75) is 24.1 Å². The highest BCUT2D eigenvalue weighted by molar-refractivity contribution is 5.55. The number of rotatable bonds is 6. The monoisotopic (exact) mass is 272 g/mol. The van der Waals surface area contributed by atoms with Gasteiger partial charge in [-0.2, -0.15) is 30.7 Å². The van der Waals surface area contributed by atoms with Gasteiger partial charge in [-0.15, -0.1) is 0 Å². The zero-order valence-electron chi connectivity index (χ0n) is 7.98. The van der Waals surface area contributed by atoms with Gasteiger partial charge >= 0.3 is 18.0 Å². The summed E-state index contributed by atoms with van der Waals surface area (Å²) in [4.78, 5) is 9.77. The number of carbonyl (C=O) groups is 1. The molecule has 0 aromatic rings. The fraction of sp³-hybridized carbons (Fsp3) is 0.857. The molecule has 0 saturated heterocycles. The Hall–Kier alpha value is -0.900. The van der Waals surface area contributed by atoms with Gasteiger partial charge in [-0.05, 0) is 0 Å². The van der Waals surface area contributed by atoms with E-state index in [1.165, 1.54) is 0 Å². The van der Waals surface area contributed by atoms with Gasteiger partial charge in [-0.3, -0.25) is 0 Å². The van der Waals surface area contributed by atoms with Crippen molar-refractivity contribution in [1.82, 2.24) is 0 Å². The number of hydrogen-bond donors (Lipinski definition) is 1. The summed E-state index contributed by atoms with van der Waals surface area (Å²) in [5.74, 6) is -11.8. The molecule has 0 fully saturated rings. The number of alkyl halides is 7. The van der Waals surface area contributed by atoms with Crippen molar-refractivity contribution in [3.63, 3.8) is 0 Å². The van der Waals surface area contributed by atoms with E-state index in [1.54, 1.807) is 0 Å². The SMILES string of the molecule is O=CC(O)COCC(F)(F)C(F)(F)C(F)(F)F. The van der Waals surface area contributed by atoms with Crippen molar-refractivity contribution in [1.29, 1.82) is 0 Å². The molecule has 1 N–H and O–H groups in total. The average molecular weight is 272 g/mol. The number of aldehydes is 1. The molecule has 1 unspecified atom stereocenters. The van der Waals surface area contributed by atoms with E-state index in [-0.39, 0.29) is 6.29 Å². The van der Waals surface area contributed by atoms with Crippen LogP contribution < -0.4 is 0 Å². The van der Waals surface area contributed by atoms with Gasteiger partial charge in [0.25, 0.3) is 0 Å². The van der Waals surface area contributed by atoms with Crippen LogP contribution >= 0.6 is 0 Å². The number of ether oxygens (including phenoxy) is 1. The molecule has 3 nitrogen and oxygen atoms in total. The second-order valence-electron chi connectivity index (χ2n) is 3.00. The molecule has 0 saturated carbocycles. The van der Waals surface area contributed by atoms with E-state index in [9.17, 15) is 35.5 Å². The molecular weight excluding hydrogens is 265 g/mol. The molecule has 102 valence electrons. The highest BCUT2D eigenvalue weighted by Gasteiger charge is 2.72. The van der Waals surface area contributed by atoms with E-state index in [0.717, 1.165) is 0 Å². The lowest BCUT2D eigenvalue weighted by molar-refractivity contribution is -0.361. The molecule has 0 heterocycles. The third-order valence-corrected chi connectivity index (χ3v) is 1.54. The first-order chi connectivity index (χ1) is 7.45. The van der Waals surface area contributed by atoms with E-state index in [4.69, 9.17) is 5.11 Å². The first kappa shape index (κ1) is 16.1. The number of aliphatic hydroxyl groups excluding tert-OH is 1. The molecule has 0 rings (SSSR count). The fourth-order valence-corrected chi connectivity index (χ4v) is 0.645. The van der Waals surface area contributed by atoms with Crippen LogP contribution in [-0.2, 0) is 9.53 Å². The highest BCUT2D eigenvalue weighted by Crippen LogP contribution is 2.46. The molecule has 10 heteroatoms. The first-order valence-corrected chi connectivity index (χ1v) is 3.99. The van der Waals surface area contributed by atoms with Gasteiger partial charge in [0.2, 0.25) is 0 Å². The largest absolute Gasteiger partial charge is 0.459 e. The summed E-state index contributed by atoms with van der Waals surface area (Å²) in [6.45, 7) is -3.38. The van der Waals surface area contributed by atoms with Crippen molar-refractivity contribution in [2.24, 2.45) is 0 Å². The average Bonchev–Trinajstić information content (AvgIpc) is 2.15. The fourth-order valence-electron chi connectivity index (χ4n) is 0.645. The summed E-state index contributed by atoms with van der Waals surface area (Å²) < 4.78 is 87.9. The lowest BCUT2D eigenvalue weighted by Gasteiger charge is -2.27. The predicted octanol–water partition coefficient (Wildman–Crippen LogP) is 1.40. The van der Waals surface area contributed by atoms with Crippen LogP contribution in [0.2, 0.25) is 0 Å². The Balaban J connectivity index is 4.52. The van der Waals surface area contributed by atoms with Crippen molar-refractivity contribution in [3.05, 3.63) is 0 Å². The highest BCUT2D eigenvalue weighted by atomic mass is 19.4. The first-order valence-electron chi connectivity index (χ1n) is 3.99. The van der Waals surface area contributed by atoms with Gasteiger partial charge in [0, 0.05) is 0 Å². The minimum absolute atomic E-state index is 0.153. The lowest BCUT2D eigenvalue weighted by Crippen LogP contribution is -2.54. The minimum Gasteiger partial charge on any atom is -0.383 e. The smallest absolute Gasteiger partial charge is 0.383 e. The summed E-state index contributed by atoms with van der Waals surface area (Å²) in [6, 6.07) is 0. The Labute approximate surface area is 90.2 Å². The molecule has 0 bridgehead atoms. The van der Waals surface area contributed by atoms with Gasteiger partial charge in [0.1, 0.15) is 12.7 Å². The summed E-state index contributed by atoms with van der Waals surface area (Å²) in [7, 11) is 0. The van der Waals surface area contributed by atoms with Crippen LogP contribution in [0.4, 0.5) is 30.7 Å². The molecule has 0 aromatic heterocycles. The molecule has 0 aliphatic rings. The summed E-state index contributed by atoms with van der Waals surface area (Å²) in [5, 5.41) is 8.47. The van der Waals surface area contributed by atoms with E-state index in [0.29, 0.717) is 0 Å². The van der Waals surface area contributed by atoms with Gasteiger partial charge < -0.3 is 14.6 Å². The summed E-state index contributed by atoms with van der Waals surface area (Å²) >= 11 is 0. The molecule has 0 radical (unpaired) electrons. The van der Waals surface area contributed by atoms with E-state index >= 15 is 0 Å². The molecule has 0 aromatic carbocycles. The molecule has 0 spiro atoms. The topological polar surface area (TPSA) is 46.5 Å². The second kappa shape index (κ2) is 5.17. The molecule has 0 amide bonds. The number of carbonyl (C=O) groups excluding carboxylic acids is 1. The van der Waals surface area contributed by atoms with E-state index in [2.05, 4.69) is 4.74 Å². The molecular formula is C7H7F7O3. The normalized spacial score (nSPS) is 15.8. The van der Waals surface area contributed by atoms with Crippen LogP contribution in [0.25, 0.3) is 0 Å². The van der Waals surface area contributed by atoms with Crippen molar-refractivity contribution in [2.75, 3.05) is 13.2 Å². The van der Waals surface area contributed by atoms with Crippen LogP contribution in [0.1, 0.15) is 0 Å². The van der Waals surface area contributed by atoms with E-state index in [1.807, 2.05) is 0 Å². The van der Waals surface area contributed by atoms with Crippen LogP contribution in [0.3, 0.4) is 0 Å². The van der Waals surface area contributed by atoms with Crippen LogP contribution in [0.5, 0.6) is 0 Å². The quantitative estimate of drug-likeness (QED) is 0.587. The predicted molar refractivity (Wildman–Crippen MR) is 38.8 cm³/mol. The third-order valence-electron chi connectivity index (χ3n) is 1.54. The van der Waals surface area contributed by atoms with Crippen molar-refractivity contribution in [3.8, 4) is 0 Å². The lowest BCUT2D eigenvalue weighted by atomic mass is 10.2. The van der Waals surface area contributed by atoms with Gasteiger partial charge in [-0.1, -0.05) is 0 Å². The maximum atomic E-state index is 12.5. The number of halogens is 7. The Morgan fingerprint density at radius 2 is 1.59 bits per heavy atom. The number of aliphatic hydroxyl groups is 1. The Morgan fingerprint density at radius 1 is 1.12 bits per heavy atom. The summed E-state index contributed by atoms with van der Waals surface area (Å²) in [5.41, 5.74) is 0. The zero-order chi connectivity index (χ0) is 13.9. The second-order valence-corrected chi connectivity index (χ2v) is 3.00.